The monoisotopic (exact) mass is 334 g/mol. The standard InChI is InChI=1S/C16H22N4O2S/c1-12-17-15(11-23-12)10-20-6-3-13(4-7-20)16(21)19(2)9-14-5-8-22-18-14/h5,8,11,13H,3-4,6-7,9-10H2,1-2H3. The Bertz CT molecular complexity index is 632. The van der Waals surface area contributed by atoms with Gasteiger partial charge in [-0.2, -0.15) is 0 Å². The number of carbonyl (C=O) groups excluding carboxylic acids is 1. The maximum absolute atomic E-state index is 12.5. The van der Waals surface area contributed by atoms with E-state index in [-0.39, 0.29) is 11.8 Å². The van der Waals surface area contributed by atoms with Crippen LogP contribution in [-0.4, -0.2) is 46.0 Å². The molecule has 124 valence electrons. The summed E-state index contributed by atoms with van der Waals surface area (Å²) in [5.41, 5.74) is 1.93. The molecule has 0 radical (unpaired) electrons. The summed E-state index contributed by atoms with van der Waals surface area (Å²) in [5.74, 6) is 0.317. The predicted octanol–water partition coefficient (Wildman–Crippen LogP) is 2.31. The van der Waals surface area contributed by atoms with E-state index in [1.54, 1.807) is 22.3 Å². The van der Waals surface area contributed by atoms with Crippen molar-refractivity contribution in [2.45, 2.75) is 32.9 Å². The molecule has 1 aliphatic rings. The molecule has 3 heterocycles. The van der Waals surface area contributed by atoms with Crippen molar-refractivity contribution < 1.29 is 9.32 Å². The topological polar surface area (TPSA) is 62.5 Å². The highest BCUT2D eigenvalue weighted by molar-refractivity contribution is 7.09. The summed E-state index contributed by atoms with van der Waals surface area (Å²) in [7, 11) is 1.83. The molecule has 1 aliphatic heterocycles. The number of aromatic nitrogens is 2. The Hall–Kier alpha value is -1.73. The first-order valence-corrected chi connectivity index (χ1v) is 8.77. The van der Waals surface area contributed by atoms with E-state index in [9.17, 15) is 4.79 Å². The van der Waals surface area contributed by atoms with Crippen LogP contribution in [0.2, 0.25) is 0 Å². The number of carbonyl (C=O) groups is 1. The van der Waals surface area contributed by atoms with Crippen molar-refractivity contribution in [1.82, 2.24) is 19.9 Å². The van der Waals surface area contributed by atoms with Crippen LogP contribution in [0.5, 0.6) is 0 Å². The molecule has 0 bridgehead atoms. The van der Waals surface area contributed by atoms with Crippen molar-refractivity contribution in [3.8, 4) is 0 Å². The van der Waals surface area contributed by atoms with Crippen molar-refractivity contribution in [2.24, 2.45) is 5.92 Å². The van der Waals surface area contributed by atoms with Gasteiger partial charge >= 0.3 is 0 Å². The molecule has 23 heavy (non-hydrogen) atoms. The van der Waals surface area contributed by atoms with Crippen LogP contribution >= 0.6 is 11.3 Å². The summed E-state index contributed by atoms with van der Waals surface area (Å²) in [6.07, 6.45) is 3.35. The molecule has 0 unspecified atom stereocenters. The number of hydrogen-bond donors (Lipinski definition) is 0. The normalized spacial score (nSPS) is 16.6. The first-order chi connectivity index (χ1) is 11.1. The molecule has 0 aliphatic carbocycles. The first-order valence-electron chi connectivity index (χ1n) is 7.89. The molecule has 0 N–H and O–H groups in total. The van der Waals surface area contributed by atoms with E-state index in [0.717, 1.165) is 48.9 Å². The van der Waals surface area contributed by atoms with Gasteiger partial charge in [0.2, 0.25) is 5.91 Å². The van der Waals surface area contributed by atoms with Gasteiger partial charge in [0.05, 0.1) is 17.2 Å². The molecule has 0 spiro atoms. The second-order valence-corrected chi connectivity index (χ2v) is 7.16. The maximum atomic E-state index is 12.5. The number of likely N-dealkylation sites (tertiary alicyclic amines) is 1. The highest BCUT2D eigenvalue weighted by Crippen LogP contribution is 2.22. The molecule has 0 aromatic carbocycles. The van der Waals surface area contributed by atoms with E-state index in [1.165, 1.54) is 6.26 Å². The number of amides is 1. The van der Waals surface area contributed by atoms with E-state index in [0.29, 0.717) is 6.54 Å². The first kappa shape index (κ1) is 16.1. The summed E-state index contributed by atoms with van der Waals surface area (Å²) in [4.78, 5) is 21.2. The Balaban J connectivity index is 1.47. The molecule has 2 aromatic rings. The Morgan fingerprint density at radius 3 is 2.83 bits per heavy atom. The fourth-order valence-corrected chi connectivity index (χ4v) is 3.60. The van der Waals surface area contributed by atoms with Crippen molar-refractivity contribution in [3.05, 3.63) is 34.1 Å². The number of nitrogens with zero attached hydrogens (tertiary/aromatic N) is 4. The van der Waals surface area contributed by atoms with Crippen molar-refractivity contribution in [1.29, 1.82) is 0 Å². The zero-order chi connectivity index (χ0) is 16.2. The van der Waals surface area contributed by atoms with Gasteiger partial charge in [0.15, 0.2) is 0 Å². The minimum atomic E-state index is 0.111. The zero-order valence-corrected chi connectivity index (χ0v) is 14.4. The average Bonchev–Trinajstić information content (AvgIpc) is 3.19. The van der Waals surface area contributed by atoms with E-state index < -0.39 is 0 Å². The third-order valence-electron chi connectivity index (χ3n) is 4.26. The van der Waals surface area contributed by atoms with Crippen LogP contribution < -0.4 is 0 Å². The van der Waals surface area contributed by atoms with Crippen LogP contribution in [0.15, 0.2) is 22.2 Å². The summed E-state index contributed by atoms with van der Waals surface area (Å²) in [6.45, 7) is 5.33. The van der Waals surface area contributed by atoms with Gasteiger partial charge in [-0.05, 0) is 32.9 Å². The van der Waals surface area contributed by atoms with E-state index in [4.69, 9.17) is 4.52 Å². The molecule has 1 fully saturated rings. The minimum Gasteiger partial charge on any atom is -0.364 e. The smallest absolute Gasteiger partial charge is 0.225 e. The van der Waals surface area contributed by atoms with Crippen molar-refractivity contribution in [3.63, 3.8) is 0 Å². The van der Waals surface area contributed by atoms with Crippen LogP contribution in [-0.2, 0) is 17.9 Å². The second-order valence-electron chi connectivity index (χ2n) is 6.09. The Kier molecular flexibility index (Phi) is 5.07. The lowest BCUT2D eigenvalue weighted by molar-refractivity contribution is -0.136. The van der Waals surface area contributed by atoms with Gasteiger partial charge in [0.1, 0.15) is 12.0 Å². The van der Waals surface area contributed by atoms with Gasteiger partial charge in [-0.15, -0.1) is 11.3 Å². The molecule has 1 amide bonds. The third-order valence-corrected chi connectivity index (χ3v) is 5.08. The summed E-state index contributed by atoms with van der Waals surface area (Å²) in [6, 6.07) is 1.79. The molecule has 6 nitrogen and oxygen atoms in total. The quantitative estimate of drug-likeness (QED) is 0.840. The summed E-state index contributed by atoms with van der Waals surface area (Å²) >= 11 is 1.69. The molecule has 2 aromatic heterocycles. The molecule has 1 saturated heterocycles. The van der Waals surface area contributed by atoms with Crippen molar-refractivity contribution >= 4 is 17.2 Å². The fraction of sp³-hybridized carbons (Fsp3) is 0.562. The zero-order valence-electron chi connectivity index (χ0n) is 13.6. The number of rotatable bonds is 5. The van der Waals surface area contributed by atoms with Gasteiger partial charge in [-0.3, -0.25) is 9.69 Å². The number of piperidine rings is 1. The molecular formula is C16H22N4O2S. The highest BCUT2D eigenvalue weighted by Gasteiger charge is 2.27. The molecular weight excluding hydrogens is 312 g/mol. The van der Waals surface area contributed by atoms with Gasteiger partial charge in [0.25, 0.3) is 0 Å². The largest absolute Gasteiger partial charge is 0.364 e. The van der Waals surface area contributed by atoms with Crippen LogP contribution in [0.25, 0.3) is 0 Å². The molecule has 0 atom stereocenters. The van der Waals surface area contributed by atoms with Crippen LogP contribution in [0.3, 0.4) is 0 Å². The van der Waals surface area contributed by atoms with Crippen LogP contribution in [0.1, 0.15) is 29.2 Å². The fourth-order valence-electron chi connectivity index (χ4n) is 3.00. The lowest BCUT2D eigenvalue weighted by Gasteiger charge is -2.32. The predicted molar refractivity (Wildman–Crippen MR) is 87.8 cm³/mol. The molecule has 3 rings (SSSR count). The van der Waals surface area contributed by atoms with Gasteiger partial charge in [-0.1, -0.05) is 5.16 Å². The third kappa shape index (κ3) is 4.17. The lowest BCUT2D eigenvalue weighted by Crippen LogP contribution is -2.40. The summed E-state index contributed by atoms with van der Waals surface area (Å²) in [5, 5.41) is 7.10. The van der Waals surface area contributed by atoms with E-state index in [2.05, 4.69) is 20.4 Å². The highest BCUT2D eigenvalue weighted by atomic mass is 32.1. The van der Waals surface area contributed by atoms with E-state index in [1.807, 2.05) is 14.0 Å². The Labute approximate surface area is 140 Å². The van der Waals surface area contributed by atoms with Crippen LogP contribution in [0.4, 0.5) is 0 Å². The SMILES string of the molecule is Cc1nc(CN2CCC(C(=O)N(C)Cc3ccon3)CC2)cs1. The Morgan fingerprint density at radius 1 is 1.43 bits per heavy atom. The summed E-state index contributed by atoms with van der Waals surface area (Å²) < 4.78 is 4.81. The second kappa shape index (κ2) is 7.23. The van der Waals surface area contributed by atoms with Gasteiger partial charge < -0.3 is 9.42 Å². The van der Waals surface area contributed by atoms with E-state index >= 15 is 0 Å². The number of thiazole rings is 1. The average molecular weight is 334 g/mol. The molecule has 0 saturated carbocycles. The molecule has 7 heteroatoms. The van der Waals surface area contributed by atoms with Gasteiger partial charge in [-0.25, -0.2) is 4.98 Å². The lowest BCUT2D eigenvalue weighted by atomic mass is 9.95. The minimum absolute atomic E-state index is 0.111. The Morgan fingerprint density at radius 2 is 2.22 bits per heavy atom. The maximum Gasteiger partial charge on any atom is 0.225 e. The van der Waals surface area contributed by atoms with Gasteiger partial charge in [0, 0.05) is 31.0 Å². The number of aryl methyl sites for hydroxylation is 1. The van der Waals surface area contributed by atoms with Crippen LogP contribution in [0, 0.1) is 12.8 Å². The van der Waals surface area contributed by atoms with Crippen molar-refractivity contribution in [2.75, 3.05) is 20.1 Å². The number of hydrogen-bond acceptors (Lipinski definition) is 6.